The molecule has 2 aromatic rings. The van der Waals surface area contributed by atoms with Crippen molar-refractivity contribution >= 4 is 17.2 Å². The molecule has 3 heterocycles. The van der Waals surface area contributed by atoms with Gasteiger partial charge in [0.15, 0.2) is 5.82 Å². The number of carbonyl (C=O) groups excluding carboxylic acids is 1. The molecule has 0 atom stereocenters. The summed E-state index contributed by atoms with van der Waals surface area (Å²) >= 11 is 1.47. The molecular weight excluding hydrogens is 272 g/mol. The van der Waals surface area contributed by atoms with Gasteiger partial charge in [0.25, 0.3) is 5.91 Å². The first-order chi connectivity index (χ1) is 9.75. The lowest BCUT2D eigenvalue weighted by Gasteiger charge is -2.08. The summed E-state index contributed by atoms with van der Waals surface area (Å²) in [6.07, 6.45) is 4.57. The summed E-state index contributed by atoms with van der Waals surface area (Å²) in [5, 5.41) is 13.3. The zero-order chi connectivity index (χ0) is 13.9. The van der Waals surface area contributed by atoms with Gasteiger partial charge in [-0.05, 0) is 36.8 Å². The van der Waals surface area contributed by atoms with Crippen LogP contribution in [0.5, 0.6) is 0 Å². The first kappa shape index (κ1) is 13.3. The highest BCUT2D eigenvalue weighted by atomic mass is 32.1. The van der Waals surface area contributed by atoms with Crippen molar-refractivity contribution in [2.24, 2.45) is 0 Å². The fourth-order valence-electron chi connectivity index (χ4n) is 2.52. The highest BCUT2D eigenvalue weighted by molar-refractivity contribution is 7.12. The minimum absolute atomic E-state index is 0.0246. The molecule has 1 amide bonds. The third-order valence-electron chi connectivity index (χ3n) is 3.66. The molecular formula is C14H18N4OS. The minimum atomic E-state index is -0.0246. The van der Waals surface area contributed by atoms with Crippen molar-refractivity contribution in [2.75, 3.05) is 0 Å². The summed E-state index contributed by atoms with van der Waals surface area (Å²) < 4.78 is 2.16. The lowest BCUT2D eigenvalue weighted by molar-refractivity contribution is 0.0953. The van der Waals surface area contributed by atoms with Crippen LogP contribution in [-0.2, 0) is 19.5 Å². The quantitative estimate of drug-likeness (QED) is 0.943. The smallest absolute Gasteiger partial charge is 0.261 e. The number of nitrogens with one attached hydrogen (secondary N) is 1. The number of thiophene rings is 1. The van der Waals surface area contributed by atoms with Crippen LogP contribution < -0.4 is 5.32 Å². The molecule has 5 nitrogen and oxygen atoms in total. The fourth-order valence-corrected chi connectivity index (χ4v) is 3.36. The predicted octanol–water partition coefficient (Wildman–Crippen LogP) is 2.30. The average Bonchev–Trinajstić information content (AvgIpc) is 2.96. The van der Waals surface area contributed by atoms with E-state index in [-0.39, 0.29) is 5.91 Å². The number of hydrogen-bond acceptors (Lipinski definition) is 4. The van der Waals surface area contributed by atoms with Gasteiger partial charge in [0, 0.05) is 13.0 Å². The first-order valence-corrected chi connectivity index (χ1v) is 7.87. The Balaban J connectivity index is 1.68. The number of fused-ring (bicyclic) bond motifs is 1. The van der Waals surface area contributed by atoms with Crippen molar-refractivity contribution in [3.8, 4) is 0 Å². The molecule has 0 saturated carbocycles. The standard InChI is InChI=1S/C14H18N4OS/c1-10-6-8-20-13(10)14(19)15-9-12-17-16-11-5-3-2-4-7-18(11)12/h6,8H,2-5,7,9H2,1H3,(H,15,19). The number of hydrogen-bond donors (Lipinski definition) is 1. The Bertz CT molecular complexity index is 616. The Morgan fingerprint density at radius 2 is 2.30 bits per heavy atom. The summed E-state index contributed by atoms with van der Waals surface area (Å²) in [6.45, 7) is 3.36. The van der Waals surface area contributed by atoms with Crippen molar-refractivity contribution in [2.45, 2.75) is 45.7 Å². The summed E-state index contributed by atoms with van der Waals surface area (Å²) in [7, 11) is 0. The maximum atomic E-state index is 12.1. The molecule has 0 unspecified atom stereocenters. The largest absolute Gasteiger partial charge is 0.344 e. The maximum Gasteiger partial charge on any atom is 0.261 e. The molecule has 106 valence electrons. The third-order valence-corrected chi connectivity index (χ3v) is 4.68. The van der Waals surface area contributed by atoms with Crippen LogP contribution >= 0.6 is 11.3 Å². The number of aryl methyl sites for hydroxylation is 2. The van der Waals surface area contributed by atoms with E-state index in [1.165, 1.54) is 24.2 Å². The lowest BCUT2D eigenvalue weighted by Crippen LogP contribution is -2.24. The highest BCUT2D eigenvalue weighted by Gasteiger charge is 2.16. The van der Waals surface area contributed by atoms with E-state index < -0.39 is 0 Å². The van der Waals surface area contributed by atoms with Crippen LogP contribution in [0, 0.1) is 6.92 Å². The molecule has 1 N–H and O–H groups in total. The minimum Gasteiger partial charge on any atom is -0.344 e. The topological polar surface area (TPSA) is 59.8 Å². The van der Waals surface area contributed by atoms with E-state index >= 15 is 0 Å². The number of aromatic nitrogens is 3. The molecule has 1 aliphatic heterocycles. The summed E-state index contributed by atoms with van der Waals surface area (Å²) in [5.41, 5.74) is 1.02. The summed E-state index contributed by atoms with van der Waals surface area (Å²) in [4.78, 5) is 12.9. The van der Waals surface area contributed by atoms with Gasteiger partial charge < -0.3 is 9.88 Å². The van der Waals surface area contributed by atoms with Crippen molar-refractivity contribution in [1.82, 2.24) is 20.1 Å². The molecule has 0 saturated heterocycles. The molecule has 0 fully saturated rings. The van der Waals surface area contributed by atoms with E-state index in [1.54, 1.807) is 0 Å². The predicted molar refractivity (Wildman–Crippen MR) is 77.8 cm³/mol. The van der Waals surface area contributed by atoms with Crippen LogP contribution in [-0.4, -0.2) is 20.7 Å². The Kier molecular flexibility index (Phi) is 3.82. The second-order valence-electron chi connectivity index (χ2n) is 5.11. The number of carbonyl (C=O) groups is 1. The Morgan fingerprint density at radius 3 is 3.10 bits per heavy atom. The maximum absolute atomic E-state index is 12.1. The van der Waals surface area contributed by atoms with Crippen LogP contribution in [0.3, 0.4) is 0 Å². The molecule has 0 aromatic carbocycles. The number of rotatable bonds is 3. The monoisotopic (exact) mass is 290 g/mol. The van der Waals surface area contributed by atoms with Gasteiger partial charge in [0.2, 0.25) is 0 Å². The highest BCUT2D eigenvalue weighted by Crippen LogP contribution is 2.16. The van der Waals surface area contributed by atoms with Gasteiger partial charge in [-0.25, -0.2) is 0 Å². The fraction of sp³-hybridized carbons (Fsp3) is 0.500. The molecule has 0 bridgehead atoms. The molecule has 0 radical (unpaired) electrons. The van der Waals surface area contributed by atoms with Crippen LogP contribution in [0.4, 0.5) is 0 Å². The Hall–Kier alpha value is -1.69. The average molecular weight is 290 g/mol. The summed E-state index contributed by atoms with van der Waals surface area (Å²) in [6, 6.07) is 1.96. The van der Waals surface area contributed by atoms with Crippen LogP contribution in [0.2, 0.25) is 0 Å². The van der Waals surface area contributed by atoms with E-state index in [0.717, 1.165) is 41.5 Å². The first-order valence-electron chi connectivity index (χ1n) is 6.99. The van der Waals surface area contributed by atoms with Gasteiger partial charge in [0.05, 0.1) is 11.4 Å². The zero-order valence-corrected chi connectivity index (χ0v) is 12.4. The van der Waals surface area contributed by atoms with Crippen LogP contribution in [0.1, 0.15) is 46.1 Å². The normalized spacial score (nSPS) is 14.7. The van der Waals surface area contributed by atoms with Crippen molar-refractivity contribution in [3.63, 3.8) is 0 Å². The van der Waals surface area contributed by atoms with Gasteiger partial charge in [0.1, 0.15) is 5.82 Å². The van der Waals surface area contributed by atoms with Crippen molar-refractivity contribution < 1.29 is 4.79 Å². The van der Waals surface area contributed by atoms with E-state index in [9.17, 15) is 4.79 Å². The van der Waals surface area contributed by atoms with E-state index in [4.69, 9.17) is 0 Å². The Morgan fingerprint density at radius 1 is 1.40 bits per heavy atom. The number of nitrogens with zero attached hydrogens (tertiary/aromatic N) is 3. The van der Waals surface area contributed by atoms with Crippen molar-refractivity contribution in [1.29, 1.82) is 0 Å². The SMILES string of the molecule is Cc1ccsc1C(=O)NCc1nnc2n1CCCCC2. The third kappa shape index (κ3) is 2.60. The van der Waals surface area contributed by atoms with E-state index in [1.807, 2.05) is 18.4 Å². The molecule has 6 heteroatoms. The second kappa shape index (κ2) is 5.75. The summed E-state index contributed by atoms with van der Waals surface area (Å²) in [5.74, 6) is 1.90. The van der Waals surface area contributed by atoms with Gasteiger partial charge >= 0.3 is 0 Å². The van der Waals surface area contributed by atoms with Gasteiger partial charge in [-0.1, -0.05) is 6.42 Å². The number of amides is 1. The van der Waals surface area contributed by atoms with Gasteiger partial charge in [-0.3, -0.25) is 4.79 Å². The molecule has 20 heavy (non-hydrogen) atoms. The second-order valence-corrected chi connectivity index (χ2v) is 6.03. The van der Waals surface area contributed by atoms with Crippen LogP contribution in [0.25, 0.3) is 0 Å². The molecule has 0 spiro atoms. The van der Waals surface area contributed by atoms with E-state index in [2.05, 4.69) is 20.1 Å². The molecule has 2 aromatic heterocycles. The van der Waals surface area contributed by atoms with Crippen molar-refractivity contribution in [3.05, 3.63) is 33.5 Å². The Labute approximate surface area is 122 Å². The lowest BCUT2D eigenvalue weighted by atomic mass is 10.2. The molecule has 1 aliphatic rings. The molecule has 0 aliphatic carbocycles. The zero-order valence-electron chi connectivity index (χ0n) is 11.6. The van der Waals surface area contributed by atoms with Crippen LogP contribution in [0.15, 0.2) is 11.4 Å². The van der Waals surface area contributed by atoms with E-state index in [0.29, 0.717) is 6.54 Å². The molecule has 3 rings (SSSR count). The van der Waals surface area contributed by atoms with Gasteiger partial charge in [-0.15, -0.1) is 21.5 Å². The van der Waals surface area contributed by atoms with Gasteiger partial charge in [-0.2, -0.15) is 0 Å².